The first-order valence-electron chi connectivity index (χ1n) is 6.11. The van der Waals surface area contributed by atoms with Gasteiger partial charge in [-0.25, -0.2) is 0 Å². The van der Waals surface area contributed by atoms with E-state index >= 15 is 0 Å². The zero-order chi connectivity index (χ0) is 13.7. The van der Waals surface area contributed by atoms with Crippen LogP contribution < -0.4 is 0 Å². The van der Waals surface area contributed by atoms with Gasteiger partial charge in [0.25, 0.3) is 0 Å². The number of benzene rings is 1. The van der Waals surface area contributed by atoms with E-state index < -0.39 is 22.0 Å². The molecule has 18 heavy (non-hydrogen) atoms. The molecule has 0 saturated heterocycles. The van der Waals surface area contributed by atoms with Crippen molar-refractivity contribution >= 4 is 16.8 Å². The lowest BCUT2D eigenvalue weighted by atomic mass is 10.1. The number of aryl methyl sites for hydroxylation is 2. The fraction of sp³-hybridized carbons (Fsp3) is 0.500. The highest BCUT2D eigenvalue weighted by molar-refractivity contribution is 7.85. The molecule has 100 valence electrons. The predicted octanol–water partition coefficient (Wildman–Crippen LogP) is 2.81. The van der Waals surface area contributed by atoms with Crippen molar-refractivity contribution < 1.29 is 14.1 Å². The van der Waals surface area contributed by atoms with E-state index in [1.54, 1.807) is 0 Å². The molecule has 2 atom stereocenters. The van der Waals surface area contributed by atoms with Crippen molar-refractivity contribution in [1.29, 1.82) is 0 Å². The van der Waals surface area contributed by atoms with Gasteiger partial charge in [-0.1, -0.05) is 42.7 Å². The van der Waals surface area contributed by atoms with E-state index in [9.17, 15) is 9.00 Å². The van der Waals surface area contributed by atoms with Crippen LogP contribution >= 0.6 is 0 Å². The first kappa shape index (κ1) is 14.9. The number of carbonyl (C=O) groups is 1. The molecule has 0 aromatic heterocycles. The van der Waals surface area contributed by atoms with Crippen LogP contribution in [0.5, 0.6) is 0 Å². The average molecular weight is 268 g/mol. The van der Waals surface area contributed by atoms with Crippen LogP contribution in [0.2, 0.25) is 0 Å². The van der Waals surface area contributed by atoms with Crippen molar-refractivity contribution in [2.24, 2.45) is 0 Å². The highest BCUT2D eigenvalue weighted by Gasteiger charge is 2.23. The van der Waals surface area contributed by atoms with Crippen molar-refractivity contribution in [3.8, 4) is 0 Å². The molecule has 0 fully saturated rings. The van der Waals surface area contributed by atoms with Crippen LogP contribution in [0.25, 0.3) is 0 Å². The lowest BCUT2D eigenvalue weighted by Gasteiger charge is -2.12. The Balaban J connectivity index is 2.82. The molecule has 0 heterocycles. The Kier molecular flexibility index (Phi) is 5.54. The summed E-state index contributed by atoms with van der Waals surface area (Å²) in [5.74, 6) is -0.640. The molecule has 3 nitrogen and oxygen atoms in total. The van der Waals surface area contributed by atoms with Gasteiger partial charge in [0.05, 0.1) is 0 Å². The molecule has 0 aliphatic carbocycles. The number of aliphatic carboxylic acids is 1. The van der Waals surface area contributed by atoms with E-state index in [1.165, 1.54) is 0 Å². The minimum Gasteiger partial charge on any atom is -0.480 e. The number of carboxylic acids is 1. The maximum Gasteiger partial charge on any atom is 0.319 e. The Morgan fingerprint density at radius 3 is 2.28 bits per heavy atom. The van der Waals surface area contributed by atoms with E-state index in [0.29, 0.717) is 12.2 Å². The molecule has 1 rings (SSSR count). The van der Waals surface area contributed by atoms with Crippen LogP contribution in [-0.2, 0) is 21.3 Å². The van der Waals surface area contributed by atoms with Crippen molar-refractivity contribution in [2.45, 2.75) is 44.6 Å². The molecule has 0 saturated carbocycles. The quantitative estimate of drug-likeness (QED) is 0.863. The normalized spacial score (nSPS) is 14.2. The fourth-order valence-corrected chi connectivity index (χ4v) is 3.47. The topological polar surface area (TPSA) is 54.4 Å². The van der Waals surface area contributed by atoms with Crippen molar-refractivity contribution in [3.05, 3.63) is 34.9 Å². The highest BCUT2D eigenvalue weighted by Crippen LogP contribution is 2.15. The summed E-state index contributed by atoms with van der Waals surface area (Å²) in [6, 6.07) is 5.98. The maximum atomic E-state index is 12.1. The van der Waals surface area contributed by atoms with E-state index in [2.05, 4.69) is 0 Å². The minimum absolute atomic E-state index is 0.319. The zero-order valence-corrected chi connectivity index (χ0v) is 11.9. The lowest BCUT2D eigenvalue weighted by Crippen LogP contribution is -2.26. The van der Waals surface area contributed by atoms with Crippen LogP contribution in [0.15, 0.2) is 18.2 Å². The smallest absolute Gasteiger partial charge is 0.319 e. The van der Waals surface area contributed by atoms with Crippen molar-refractivity contribution in [1.82, 2.24) is 0 Å². The molecule has 0 bridgehead atoms. The van der Waals surface area contributed by atoms with Gasteiger partial charge in [-0.2, -0.15) is 0 Å². The molecule has 2 unspecified atom stereocenters. The second-order valence-corrected chi connectivity index (χ2v) is 6.26. The highest BCUT2D eigenvalue weighted by atomic mass is 32.2. The van der Waals surface area contributed by atoms with Gasteiger partial charge in [-0.05, 0) is 25.8 Å². The van der Waals surface area contributed by atoms with Gasteiger partial charge in [0.15, 0.2) is 0 Å². The van der Waals surface area contributed by atoms with E-state index in [1.807, 2.05) is 39.0 Å². The van der Waals surface area contributed by atoms with Gasteiger partial charge in [-0.3, -0.25) is 9.00 Å². The second kappa shape index (κ2) is 6.69. The third-order valence-corrected chi connectivity index (χ3v) is 4.42. The van der Waals surface area contributed by atoms with Crippen molar-refractivity contribution in [3.63, 3.8) is 0 Å². The molecular weight excluding hydrogens is 248 g/mol. The van der Waals surface area contributed by atoms with E-state index in [-0.39, 0.29) is 0 Å². The fourth-order valence-electron chi connectivity index (χ4n) is 2.05. The third-order valence-electron chi connectivity index (χ3n) is 2.73. The number of carboxylic acid groups (broad SMARTS) is 1. The van der Waals surface area contributed by atoms with Gasteiger partial charge in [0.2, 0.25) is 0 Å². The molecule has 1 aromatic rings. The Bertz CT molecular complexity index is 434. The first-order valence-corrected chi connectivity index (χ1v) is 7.49. The monoisotopic (exact) mass is 268 g/mol. The summed E-state index contributed by atoms with van der Waals surface area (Å²) in [5, 5.41) is 8.32. The Morgan fingerprint density at radius 2 is 1.83 bits per heavy atom. The van der Waals surface area contributed by atoms with Gasteiger partial charge in [0, 0.05) is 16.6 Å². The SMILES string of the molecule is CCCC(C(=O)O)S(=O)Cc1cc(C)cc(C)c1. The zero-order valence-electron chi connectivity index (χ0n) is 11.1. The summed E-state index contributed by atoms with van der Waals surface area (Å²) in [4.78, 5) is 11.1. The molecule has 0 radical (unpaired) electrons. The molecular formula is C14H20O3S. The summed E-state index contributed by atoms with van der Waals surface area (Å²) in [5.41, 5.74) is 3.18. The maximum absolute atomic E-state index is 12.1. The Labute approximate surface area is 111 Å². The third kappa shape index (κ3) is 4.26. The first-order chi connectivity index (χ1) is 8.43. The Morgan fingerprint density at radius 1 is 1.28 bits per heavy atom. The molecule has 0 aliphatic heterocycles. The number of hydrogen-bond donors (Lipinski definition) is 1. The minimum atomic E-state index is -1.35. The second-order valence-electron chi connectivity index (χ2n) is 4.64. The van der Waals surface area contributed by atoms with Gasteiger partial charge >= 0.3 is 5.97 Å². The molecule has 0 spiro atoms. The summed E-state index contributed by atoms with van der Waals surface area (Å²) in [6.07, 6.45) is 1.20. The van der Waals surface area contributed by atoms with Crippen LogP contribution in [0.3, 0.4) is 0 Å². The molecule has 1 aromatic carbocycles. The summed E-state index contributed by atoms with van der Waals surface area (Å²) in [7, 11) is -1.35. The number of hydrogen-bond acceptors (Lipinski definition) is 2. The summed E-state index contributed by atoms with van der Waals surface area (Å²) < 4.78 is 12.1. The predicted molar refractivity (Wildman–Crippen MR) is 74.1 cm³/mol. The van der Waals surface area contributed by atoms with Gasteiger partial charge < -0.3 is 5.11 Å². The molecule has 0 aliphatic rings. The van der Waals surface area contributed by atoms with Crippen LogP contribution in [-0.4, -0.2) is 20.5 Å². The molecule has 1 N–H and O–H groups in total. The van der Waals surface area contributed by atoms with Gasteiger partial charge in [0.1, 0.15) is 5.25 Å². The summed E-state index contributed by atoms with van der Waals surface area (Å²) >= 11 is 0. The molecule has 0 amide bonds. The largest absolute Gasteiger partial charge is 0.480 e. The van der Waals surface area contributed by atoms with Crippen molar-refractivity contribution in [2.75, 3.05) is 0 Å². The average Bonchev–Trinajstić information content (AvgIpc) is 2.23. The standard InChI is InChI=1S/C14H20O3S/c1-4-5-13(14(15)16)18(17)9-12-7-10(2)6-11(3)8-12/h6-8,13H,4-5,9H2,1-3H3,(H,15,16). The van der Waals surface area contributed by atoms with Crippen LogP contribution in [0, 0.1) is 13.8 Å². The molecule has 4 heteroatoms. The van der Waals surface area contributed by atoms with Crippen LogP contribution in [0.1, 0.15) is 36.5 Å². The number of rotatable bonds is 6. The Hall–Kier alpha value is -1.16. The lowest BCUT2D eigenvalue weighted by molar-refractivity contribution is -0.136. The van der Waals surface area contributed by atoms with E-state index in [0.717, 1.165) is 23.1 Å². The summed E-state index contributed by atoms with van der Waals surface area (Å²) in [6.45, 7) is 5.88. The van der Waals surface area contributed by atoms with E-state index in [4.69, 9.17) is 5.11 Å². The van der Waals surface area contributed by atoms with Crippen LogP contribution in [0.4, 0.5) is 0 Å². The van der Waals surface area contributed by atoms with Gasteiger partial charge in [-0.15, -0.1) is 0 Å².